The zero-order valence-corrected chi connectivity index (χ0v) is 35.7. The van der Waals surface area contributed by atoms with Crippen LogP contribution in [0.1, 0.15) is 157 Å². The molecule has 0 fully saturated rings. The predicted octanol–water partition coefficient (Wildman–Crippen LogP) is 6.29. The molecule has 0 bridgehead atoms. The number of aliphatic hydroxyl groups excluding tert-OH is 2. The summed E-state index contributed by atoms with van der Waals surface area (Å²) in [6.45, 7) is 13.4. The van der Waals surface area contributed by atoms with Crippen molar-refractivity contribution in [2.45, 2.75) is 178 Å². The van der Waals surface area contributed by atoms with Crippen LogP contribution in [0.3, 0.4) is 0 Å². The van der Waals surface area contributed by atoms with Gasteiger partial charge in [-0.3, -0.25) is 0 Å². The summed E-state index contributed by atoms with van der Waals surface area (Å²) < 4.78 is 13.7. The fraction of sp³-hybridized carbons (Fsp3) is 0.800. The second kappa shape index (κ2) is 40.8. The average Bonchev–Trinajstić information content (AvgIpc) is 3.07. The van der Waals surface area contributed by atoms with E-state index >= 15 is 0 Å². The molecule has 0 aliphatic carbocycles. The van der Waals surface area contributed by atoms with Gasteiger partial charge in [0.05, 0.1) is 11.9 Å². The molecule has 2 atom stereocenters. The Morgan fingerprint density at radius 2 is 0.863 bits per heavy atom. The number of carboxylic acid groups (broad SMARTS) is 2. The number of rotatable bonds is 30. The van der Waals surface area contributed by atoms with E-state index in [-0.39, 0.29) is 46.6 Å². The van der Waals surface area contributed by atoms with E-state index in [0.717, 1.165) is 63.5 Å². The van der Waals surface area contributed by atoms with Crippen molar-refractivity contribution >= 4 is 45.0 Å². The first kappa shape index (κ1) is 53.4. The average molecular weight is 832 g/mol. The molecule has 2 unspecified atom stereocenters. The first-order valence-electron chi connectivity index (χ1n) is 19.4. The third-order valence-electron chi connectivity index (χ3n) is 7.67. The fourth-order valence-electron chi connectivity index (χ4n) is 4.77. The van der Waals surface area contributed by atoms with Crippen molar-refractivity contribution in [3.63, 3.8) is 0 Å². The van der Waals surface area contributed by atoms with E-state index < -0.39 is 23.9 Å². The monoisotopic (exact) mass is 832 g/mol. The maximum atomic E-state index is 11.4. The number of aliphatic hydroxyl groups is 2. The number of unbranched alkanes of at least 4 members (excludes halogenated alkanes) is 6. The fourth-order valence-corrected chi connectivity index (χ4v) is 8.93. The van der Waals surface area contributed by atoms with Crippen LogP contribution in [0.4, 0.5) is 0 Å². The molecule has 0 radical (unpaired) electrons. The van der Waals surface area contributed by atoms with E-state index in [4.69, 9.17) is 19.7 Å². The zero-order valence-electron chi connectivity index (χ0n) is 32.8. The molecule has 0 aromatic carbocycles. The van der Waals surface area contributed by atoms with Crippen molar-refractivity contribution in [2.75, 3.05) is 13.2 Å². The van der Waals surface area contributed by atoms with Gasteiger partial charge in [-0.05, 0) is 75.4 Å². The topological polar surface area (TPSA) is 173 Å². The van der Waals surface area contributed by atoms with E-state index in [0.29, 0.717) is 49.7 Å². The van der Waals surface area contributed by atoms with E-state index in [2.05, 4.69) is 41.5 Å². The van der Waals surface area contributed by atoms with Crippen LogP contribution in [0, 0.1) is 11.8 Å². The molecule has 10 nitrogen and oxygen atoms in total. The molecule has 0 aromatic heterocycles. The normalized spacial score (nSPS) is 12.1. The van der Waals surface area contributed by atoms with Gasteiger partial charge in [0.1, 0.15) is 12.2 Å². The van der Waals surface area contributed by atoms with Crippen LogP contribution in [0.15, 0.2) is 24.3 Å². The van der Waals surface area contributed by atoms with E-state index in [9.17, 15) is 29.4 Å². The number of carbonyl (C=O) groups excluding carboxylic acids is 4. The van der Waals surface area contributed by atoms with Crippen LogP contribution in [-0.4, -0.2) is 80.7 Å². The van der Waals surface area contributed by atoms with Crippen LogP contribution in [0.25, 0.3) is 0 Å². The molecule has 0 spiro atoms. The Labute approximate surface area is 320 Å². The number of esters is 2. The van der Waals surface area contributed by atoms with Gasteiger partial charge in [0.15, 0.2) is 0 Å². The Kier molecular flexibility index (Phi) is 42.8. The third kappa shape index (κ3) is 48.1. The van der Waals surface area contributed by atoms with Crippen molar-refractivity contribution in [3.05, 3.63) is 24.3 Å². The number of hydrogen-bond acceptors (Lipinski definition) is 10. The molecule has 2 N–H and O–H groups in total. The van der Waals surface area contributed by atoms with Gasteiger partial charge in [-0.15, -0.1) is 0 Å². The minimum atomic E-state index is -1.42. The Morgan fingerprint density at radius 3 is 1.16 bits per heavy atom. The summed E-state index contributed by atoms with van der Waals surface area (Å²) in [5.74, 6) is -2.81. The summed E-state index contributed by atoms with van der Waals surface area (Å²) in [5, 5.41) is 38.2. The molecular formula is C40H72O10Sn. The molecule has 0 aliphatic heterocycles. The number of ether oxygens (including phenoxy) is 2. The van der Waals surface area contributed by atoms with Crippen LogP contribution in [0.5, 0.6) is 0 Å². The summed E-state index contributed by atoms with van der Waals surface area (Å²) >= 11 is 0.149. The van der Waals surface area contributed by atoms with E-state index in [1.165, 1.54) is 38.5 Å². The van der Waals surface area contributed by atoms with Gasteiger partial charge in [-0.1, -0.05) is 66.2 Å². The summed E-state index contributed by atoms with van der Waals surface area (Å²) in [6, 6.07) is 0. The van der Waals surface area contributed by atoms with E-state index in [1.807, 2.05) is 0 Å². The number of carbonyl (C=O) groups is 4. The molecule has 0 aromatic rings. The number of hydrogen-bond donors (Lipinski definition) is 2. The van der Waals surface area contributed by atoms with Crippen molar-refractivity contribution in [3.8, 4) is 0 Å². The van der Waals surface area contributed by atoms with Crippen molar-refractivity contribution < 1.29 is 49.1 Å². The molecular weight excluding hydrogens is 759 g/mol. The van der Waals surface area contributed by atoms with Gasteiger partial charge >= 0.3 is 81.5 Å². The van der Waals surface area contributed by atoms with Crippen LogP contribution in [0.2, 0.25) is 8.87 Å². The molecule has 51 heavy (non-hydrogen) atoms. The van der Waals surface area contributed by atoms with Crippen LogP contribution < -0.4 is 10.2 Å². The SMILES string of the molecule is CC(C)CCCCCC(CCCO)OC(=O)/C=C\C(=O)[O-].CC(C)CCCCCC(CCCO)OC(=O)/C=C\C(=O)[O-].CCC[CH2][Sn+2][CH2]CCC. The van der Waals surface area contributed by atoms with Crippen molar-refractivity contribution in [2.24, 2.45) is 11.8 Å². The molecule has 0 saturated carbocycles. The van der Waals surface area contributed by atoms with Crippen molar-refractivity contribution in [1.82, 2.24) is 0 Å². The Balaban J connectivity index is -0.000000731. The van der Waals surface area contributed by atoms with Gasteiger partial charge in [0.2, 0.25) is 0 Å². The van der Waals surface area contributed by atoms with Crippen LogP contribution in [-0.2, 0) is 28.7 Å². The van der Waals surface area contributed by atoms with Gasteiger partial charge in [0.25, 0.3) is 0 Å². The third-order valence-corrected chi connectivity index (χ3v) is 11.7. The first-order valence-corrected chi connectivity index (χ1v) is 23.5. The molecule has 0 amide bonds. The van der Waals surface area contributed by atoms with Crippen molar-refractivity contribution in [1.29, 1.82) is 0 Å². The summed E-state index contributed by atoms with van der Waals surface area (Å²) in [6.07, 6.45) is 20.9. The van der Waals surface area contributed by atoms with Gasteiger partial charge < -0.3 is 39.5 Å². The summed E-state index contributed by atoms with van der Waals surface area (Å²) in [7, 11) is 0. The van der Waals surface area contributed by atoms with Crippen LogP contribution >= 0.6 is 0 Å². The Bertz CT molecular complexity index is 818. The molecule has 296 valence electrons. The van der Waals surface area contributed by atoms with Gasteiger partial charge in [-0.2, -0.15) is 0 Å². The molecule has 0 aliphatic rings. The standard InChI is InChI=1S/2C16H28O5.2C4H9.Sn/c2*1-13(2)7-4-3-5-8-14(9-6-12-17)21-16(20)11-10-15(18)19;2*1-3-4-2;/h2*10-11,13-14,17H,3-9,12H2,1-2H3,(H,18,19);2*1,3-4H2,2H3;/q;;;;+2/p-2/b2*11-10-;;;. The molecule has 11 heteroatoms. The number of aliphatic carboxylic acids is 2. The zero-order chi connectivity index (χ0) is 39.1. The minimum absolute atomic E-state index is 0.0519. The predicted molar refractivity (Wildman–Crippen MR) is 202 cm³/mol. The maximum absolute atomic E-state index is 11.4. The summed E-state index contributed by atoms with van der Waals surface area (Å²) in [4.78, 5) is 43.3. The molecule has 0 saturated heterocycles. The molecule has 0 heterocycles. The number of carboxylic acids is 2. The summed E-state index contributed by atoms with van der Waals surface area (Å²) in [5.41, 5.74) is 0. The quantitative estimate of drug-likeness (QED) is 0.0363. The second-order valence-corrected chi connectivity index (χ2v) is 18.0. The van der Waals surface area contributed by atoms with E-state index in [1.54, 1.807) is 8.87 Å². The van der Waals surface area contributed by atoms with Gasteiger partial charge in [0, 0.05) is 25.4 Å². The molecule has 0 rings (SSSR count). The second-order valence-electron chi connectivity index (χ2n) is 13.7. The first-order chi connectivity index (χ1) is 24.3. The Hall–Kier alpha value is -1.92. The Morgan fingerprint density at radius 1 is 0.529 bits per heavy atom. The van der Waals surface area contributed by atoms with Gasteiger partial charge in [-0.25, -0.2) is 9.59 Å².